The van der Waals surface area contributed by atoms with Crippen molar-refractivity contribution < 1.29 is 0 Å². The van der Waals surface area contributed by atoms with Crippen LogP contribution in [-0.2, 0) is 12.0 Å². The molecule has 0 saturated heterocycles. The van der Waals surface area contributed by atoms with E-state index >= 15 is 0 Å². The summed E-state index contributed by atoms with van der Waals surface area (Å²) in [6.45, 7) is 4.29. The Morgan fingerprint density at radius 1 is 1.35 bits per heavy atom. The van der Waals surface area contributed by atoms with Crippen molar-refractivity contribution in [3.63, 3.8) is 0 Å². The van der Waals surface area contributed by atoms with Gasteiger partial charge in [0.25, 0.3) is 0 Å². The lowest BCUT2D eigenvalue weighted by molar-refractivity contribution is 0.521. The predicted molar refractivity (Wildman–Crippen MR) is 69.6 cm³/mol. The number of aryl methyl sites for hydroxylation is 2. The fourth-order valence-corrected chi connectivity index (χ4v) is 2.49. The lowest BCUT2D eigenvalue weighted by Gasteiger charge is -2.15. The number of fused-ring (bicyclic) bond motifs is 1. The summed E-state index contributed by atoms with van der Waals surface area (Å²) in [5, 5.41) is 0. The molecule has 1 aliphatic carbocycles. The van der Waals surface area contributed by atoms with E-state index in [-0.39, 0.29) is 5.54 Å². The highest BCUT2D eigenvalue weighted by molar-refractivity contribution is 6.17. The second-order valence-electron chi connectivity index (χ2n) is 5.09. The van der Waals surface area contributed by atoms with E-state index in [1.165, 1.54) is 12.8 Å². The number of nitrogens with zero attached hydrogens (tertiary/aromatic N) is 3. The molecule has 0 spiro atoms. The van der Waals surface area contributed by atoms with Crippen molar-refractivity contribution in [1.82, 2.24) is 14.5 Å². The molecule has 90 valence electrons. The lowest BCUT2D eigenvalue weighted by atomic mass is 10.3. The normalized spacial score (nSPS) is 17.6. The van der Waals surface area contributed by atoms with E-state index in [0.717, 1.165) is 29.1 Å². The molecule has 0 amide bonds. The molecule has 0 radical (unpaired) electrons. The Morgan fingerprint density at radius 3 is 2.76 bits per heavy atom. The average molecular weight is 250 g/mol. The molecule has 1 saturated carbocycles. The molecule has 0 aromatic carbocycles. The van der Waals surface area contributed by atoms with Crippen LogP contribution in [0.2, 0.25) is 0 Å². The summed E-state index contributed by atoms with van der Waals surface area (Å²) >= 11 is 5.86. The zero-order valence-corrected chi connectivity index (χ0v) is 11.0. The van der Waals surface area contributed by atoms with Gasteiger partial charge in [-0.15, -0.1) is 11.6 Å². The van der Waals surface area contributed by atoms with Crippen molar-refractivity contribution in [2.75, 3.05) is 5.88 Å². The highest BCUT2D eigenvalue weighted by atomic mass is 35.5. The minimum absolute atomic E-state index is 0.219. The molecule has 2 aromatic rings. The Labute approximate surface area is 106 Å². The summed E-state index contributed by atoms with van der Waals surface area (Å²) in [5.41, 5.74) is 3.27. The van der Waals surface area contributed by atoms with E-state index in [1.54, 1.807) is 0 Å². The number of hydrogen-bond acceptors (Lipinski definition) is 2. The van der Waals surface area contributed by atoms with Crippen molar-refractivity contribution in [3.05, 3.63) is 23.7 Å². The first-order valence-corrected chi connectivity index (χ1v) is 6.59. The van der Waals surface area contributed by atoms with E-state index < -0.39 is 0 Å². The highest BCUT2D eigenvalue weighted by Gasteiger charge is 2.42. The van der Waals surface area contributed by atoms with Gasteiger partial charge in [-0.05, 0) is 38.8 Å². The predicted octanol–water partition coefficient (Wildman–Crippen LogP) is 3.03. The SMILES string of the molecule is Cc1ccc2nc(CCCl)n(C3(C)CC3)c2n1. The van der Waals surface area contributed by atoms with Gasteiger partial charge in [-0.2, -0.15) is 0 Å². The minimum atomic E-state index is 0.219. The maximum Gasteiger partial charge on any atom is 0.160 e. The number of aromatic nitrogens is 3. The van der Waals surface area contributed by atoms with Gasteiger partial charge >= 0.3 is 0 Å². The summed E-state index contributed by atoms with van der Waals surface area (Å²) in [4.78, 5) is 9.31. The van der Waals surface area contributed by atoms with E-state index in [2.05, 4.69) is 27.5 Å². The van der Waals surface area contributed by atoms with Crippen molar-refractivity contribution in [2.45, 2.75) is 38.6 Å². The molecule has 0 N–H and O–H groups in total. The lowest BCUT2D eigenvalue weighted by Crippen LogP contribution is -2.16. The van der Waals surface area contributed by atoms with Crippen LogP contribution >= 0.6 is 11.6 Å². The zero-order valence-electron chi connectivity index (χ0n) is 10.2. The van der Waals surface area contributed by atoms with Crippen LogP contribution in [0.4, 0.5) is 0 Å². The number of pyridine rings is 1. The third-order valence-electron chi connectivity index (χ3n) is 3.54. The molecule has 2 heterocycles. The van der Waals surface area contributed by atoms with Gasteiger partial charge in [0.15, 0.2) is 5.65 Å². The fourth-order valence-electron chi connectivity index (χ4n) is 2.32. The molecular weight excluding hydrogens is 234 g/mol. The molecule has 4 heteroatoms. The molecule has 3 nitrogen and oxygen atoms in total. The smallest absolute Gasteiger partial charge is 0.160 e. The second kappa shape index (κ2) is 3.70. The number of alkyl halides is 1. The van der Waals surface area contributed by atoms with Crippen molar-refractivity contribution in [1.29, 1.82) is 0 Å². The van der Waals surface area contributed by atoms with Crippen LogP contribution in [0.5, 0.6) is 0 Å². The van der Waals surface area contributed by atoms with Gasteiger partial charge in [-0.3, -0.25) is 0 Å². The quantitative estimate of drug-likeness (QED) is 0.783. The molecule has 1 aliphatic rings. The molecule has 0 bridgehead atoms. The number of rotatable bonds is 3. The first-order valence-electron chi connectivity index (χ1n) is 6.05. The van der Waals surface area contributed by atoms with Crippen LogP contribution in [-0.4, -0.2) is 20.4 Å². The zero-order chi connectivity index (χ0) is 12.0. The first-order chi connectivity index (χ1) is 8.14. The van der Waals surface area contributed by atoms with E-state index in [0.29, 0.717) is 5.88 Å². The third-order valence-corrected chi connectivity index (χ3v) is 3.73. The summed E-state index contributed by atoms with van der Waals surface area (Å²) in [6, 6.07) is 4.07. The van der Waals surface area contributed by atoms with E-state index in [9.17, 15) is 0 Å². The summed E-state index contributed by atoms with van der Waals surface area (Å²) in [7, 11) is 0. The van der Waals surface area contributed by atoms with Gasteiger partial charge in [-0.1, -0.05) is 0 Å². The number of imidazole rings is 1. The van der Waals surface area contributed by atoms with Crippen LogP contribution in [0.1, 0.15) is 31.3 Å². The van der Waals surface area contributed by atoms with Crippen molar-refractivity contribution >= 4 is 22.8 Å². The van der Waals surface area contributed by atoms with Gasteiger partial charge in [0.05, 0.1) is 0 Å². The van der Waals surface area contributed by atoms with Gasteiger partial charge in [0.1, 0.15) is 11.3 Å². The molecule has 2 aromatic heterocycles. The van der Waals surface area contributed by atoms with Gasteiger partial charge in [0, 0.05) is 23.5 Å². The van der Waals surface area contributed by atoms with Gasteiger partial charge in [0.2, 0.25) is 0 Å². The topological polar surface area (TPSA) is 30.7 Å². The molecule has 0 unspecified atom stereocenters. The fraction of sp³-hybridized carbons (Fsp3) is 0.538. The number of halogens is 1. The van der Waals surface area contributed by atoms with Crippen LogP contribution in [0, 0.1) is 6.92 Å². The first kappa shape index (κ1) is 11.0. The van der Waals surface area contributed by atoms with E-state index in [4.69, 9.17) is 11.6 Å². The van der Waals surface area contributed by atoms with Gasteiger partial charge in [-0.25, -0.2) is 9.97 Å². The maximum absolute atomic E-state index is 5.86. The molecule has 3 rings (SSSR count). The Bertz CT molecular complexity index is 569. The van der Waals surface area contributed by atoms with Crippen LogP contribution in [0.15, 0.2) is 12.1 Å². The van der Waals surface area contributed by atoms with Gasteiger partial charge < -0.3 is 4.57 Å². The average Bonchev–Trinajstić information content (AvgIpc) is 2.91. The molecule has 0 atom stereocenters. The van der Waals surface area contributed by atoms with E-state index in [1.807, 2.05) is 13.0 Å². The molecular formula is C13H16ClN3. The van der Waals surface area contributed by atoms with Crippen molar-refractivity contribution in [3.8, 4) is 0 Å². The Kier molecular flexibility index (Phi) is 2.40. The third kappa shape index (κ3) is 1.73. The summed E-state index contributed by atoms with van der Waals surface area (Å²) < 4.78 is 2.30. The van der Waals surface area contributed by atoms with Crippen LogP contribution < -0.4 is 0 Å². The second-order valence-corrected chi connectivity index (χ2v) is 5.47. The standard InChI is InChI=1S/C13H16ClN3/c1-9-3-4-10-12(15-9)17(13(2)6-7-13)11(16-10)5-8-14/h3-4H,5-8H2,1-2H3. The Morgan fingerprint density at radius 2 is 2.12 bits per heavy atom. The molecule has 1 fully saturated rings. The Hall–Kier alpha value is -1.09. The summed E-state index contributed by atoms with van der Waals surface area (Å²) in [5.74, 6) is 1.69. The highest BCUT2D eigenvalue weighted by Crippen LogP contribution is 2.45. The monoisotopic (exact) mass is 249 g/mol. The molecule has 17 heavy (non-hydrogen) atoms. The largest absolute Gasteiger partial charge is 0.307 e. The Balaban J connectivity index is 2.25. The summed E-state index contributed by atoms with van der Waals surface area (Å²) in [6.07, 6.45) is 3.24. The molecule has 0 aliphatic heterocycles. The minimum Gasteiger partial charge on any atom is -0.307 e. The van der Waals surface area contributed by atoms with Crippen molar-refractivity contribution in [2.24, 2.45) is 0 Å². The maximum atomic E-state index is 5.86. The number of hydrogen-bond donors (Lipinski definition) is 0. The van der Waals surface area contributed by atoms with Crippen LogP contribution in [0.3, 0.4) is 0 Å². The van der Waals surface area contributed by atoms with Crippen LogP contribution in [0.25, 0.3) is 11.2 Å².